The summed E-state index contributed by atoms with van der Waals surface area (Å²) in [6.45, 7) is 3.84. The number of aliphatic hydroxyl groups excluding tert-OH is 1. The molecule has 1 atom stereocenters. The van der Waals surface area contributed by atoms with E-state index in [9.17, 15) is 9.90 Å². The molecule has 0 spiro atoms. The highest BCUT2D eigenvalue weighted by molar-refractivity contribution is 5.93. The van der Waals surface area contributed by atoms with E-state index in [1.54, 1.807) is 7.11 Å². The van der Waals surface area contributed by atoms with Gasteiger partial charge in [0.25, 0.3) is 5.91 Å². The first kappa shape index (κ1) is 13.7. The summed E-state index contributed by atoms with van der Waals surface area (Å²) in [5.74, 6) is 0.179. The van der Waals surface area contributed by atoms with Crippen molar-refractivity contribution in [3.63, 3.8) is 0 Å². The summed E-state index contributed by atoms with van der Waals surface area (Å²) in [6, 6.07) is 0. The molecule has 1 aromatic rings. The van der Waals surface area contributed by atoms with Crippen molar-refractivity contribution in [2.24, 2.45) is 0 Å². The number of aliphatic hydroxyl groups is 1. The summed E-state index contributed by atoms with van der Waals surface area (Å²) in [7, 11) is 1.57. The van der Waals surface area contributed by atoms with E-state index in [-0.39, 0.29) is 24.3 Å². The maximum Gasteiger partial charge on any atom is 0.273 e. The highest BCUT2D eigenvalue weighted by Crippen LogP contribution is 2.14. The number of nitrogens with one attached hydrogen (secondary N) is 1. The molecule has 2 N–H and O–H groups in total. The fourth-order valence-electron chi connectivity index (χ4n) is 1.37. The molecule has 96 valence electrons. The first-order valence-corrected chi connectivity index (χ1v) is 5.53. The lowest BCUT2D eigenvalue weighted by Crippen LogP contribution is -2.32. The lowest BCUT2D eigenvalue weighted by Gasteiger charge is -2.09. The van der Waals surface area contributed by atoms with Gasteiger partial charge in [0.1, 0.15) is 5.76 Å². The maximum absolute atomic E-state index is 11.8. The van der Waals surface area contributed by atoms with Gasteiger partial charge in [0.15, 0.2) is 5.69 Å². The molecule has 0 radical (unpaired) electrons. The van der Waals surface area contributed by atoms with E-state index < -0.39 is 0 Å². The van der Waals surface area contributed by atoms with Gasteiger partial charge in [-0.1, -0.05) is 12.1 Å². The van der Waals surface area contributed by atoms with Gasteiger partial charge in [-0.3, -0.25) is 4.79 Å². The number of carbonyl (C=O) groups is 1. The zero-order valence-electron chi connectivity index (χ0n) is 10.3. The quantitative estimate of drug-likeness (QED) is 0.758. The highest BCUT2D eigenvalue weighted by atomic mass is 16.5. The van der Waals surface area contributed by atoms with E-state index in [4.69, 9.17) is 9.26 Å². The van der Waals surface area contributed by atoms with Crippen LogP contribution in [0.25, 0.3) is 0 Å². The smallest absolute Gasteiger partial charge is 0.273 e. The molecule has 0 aliphatic rings. The van der Waals surface area contributed by atoms with E-state index in [1.165, 1.54) is 0 Å². The van der Waals surface area contributed by atoms with Gasteiger partial charge in [-0.25, -0.2) is 0 Å². The van der Waals surface area contributed by atoms with Crippen LogP contribution in [-0.4, -0.2) is 35.9 Å². The molecule has 1 aromatic heterocycles. The minimum atomic E-state index is -0.360. The van der Waals surface area contributed by atoms with Gasteiger partial charge in [0.05, 0.1) is 18.3 Å². The number of hydrogen-bond acceptors (Lipinski definition) is 5. The predicted octanol–water partition coefficient (Wildman–Crippen LogP) is 0.494. The van der Waals surface area contributed by atoms with Crippen molar-refractivity contribution >= 4 is 5.91 Å². The van der Waals surface area contributed by atoms with E-state index in [1.807, 2.05) is 13.8 Å². The molecule has 0 fully saturated rings. The largest absolute Gasteiger partial charge is 0.391 e. The second-order valence-corrected chi connectivity index (χ2v) is 3.70. The molecule has 1 heterocycles. The highest BCUT2D eigenvalue weighted by Gasteiger charge is 2.20. The van der Waals surface area contributed by atoms with Gasteiger partial charge < -0.3 is 19.7 Å². The van der Waals surface area contributed by atoms with Crippen LogP contribution in [0.2, 0.25) is 0 Å². The number of carbonyl (C=O) groups excluding carboxylic acids is 1. The van der Waals surface area contributed by atoms with Crippen LogP contribution in [0, 0.1) is 0 Å². The SMILES string of the molecule is CCc1onc(C(=O)NCC(C)OC)c1CO. The van der Waals surface area contributed by atoms with Crippen molar-refractivity contribution < 1.29 is 19.2 Å². The topological polar surface area (TPSA) is 84.6 Å². The fourth-order valence-corrected chi connectivity index (χ4v) is 1.37. The summed E-state index contributed by atoms with van der Waals surface area (Å²) >= 11 is 0. The average Bonchev–Trinajstić information content (AvgIpc) is 2.77. The summed E-state index contributed by atoms with van der Waals surface area (Å²) in [5.41, 5.74) is 0.600. The Hall–Kier alpha value is -1.40. The monoisotopic (exact) mass is 242 g/mol. The number of ether oxygens (including phenoxy) is 1. The Morgan fingerprint density at radius 1 is 1.65 bits per heavy atom. The molecule has 1 rings (SSSR count). The fraction of sp³-hybridized carbons (Fsp3) is 0.636. The summed E-state index contributed by atoms with van der Waals surface area (Å²) < 4.78 is 10.00. The van der Waals surface area contributed by atoms with Crippen molar-refractivity contribution in [3.05, 3.63) is 17.0 Å². The van der Waals surface area contributed by atoms with Gasteiger partial charge in [-0.15, -0.1) is 0 Å². The lowest BCUT2D eigenvalue weighted by molar-refractivity contribution is 0.0860. The first-order chi connectivity index (χ1) is 8.13. The van der Waals surface area contributed by atoms with E-state index in [0.29, 0.717) is 24.3 Å². The minimum Gasteiger partial charge on any atom is -0.391 e. The molecule has 1 amide bonds. The normalized spacial score (nSPS) is 12.5. The minimum absolute atomic E-state index is 0.0749. The number of amides is 1. The van der Waals surface area contributed by atoms with Crippen LogP contribution in [0.1, 0.15) is 35.7 Å². The molecule has 17 heavy (non-hydrogen) atoms. The lowest BCUT2D eigenvalue weighted by atomic mass is 10.1. The van der Waals surface area contributed by atoms with Crippen molar-refractivity contribution in [1.82, 2.24) is 10.5 Å². The number of aryl methyl sites for hydroxylation is 1. The van der Waals surface area contributed by atoms with Crippen LogP contribution >= 0.6 is 0 Å². The van der Waals surface area contributed by atoms with Gasteiger partial charge in [-0.2, -0.15) is 0 Å². The Morgan fingerprint density at radius 2 is 2.35 bits per heavy atom. The van der Waals surface area contributed by atoms with Crippen LogP contribution in [-0.2, 0) is 17.8 Å². The van der Waals surface area contributed by atoms with E-state index in [2.05, 4.69) is 10.5 Å². The Morgan fingerprint density at radius 3 is 2.88 bits per heavy atom. The standard InChI is InChI=1S/C11H18N2O4/c1-4-9-8(6-14)10(13-17-9)11(15)12-5-7(2)16-3/h7,14H,4-6H2,1-3H3,(H,12,15). The number of methoxy groups -OCH3 is 1. The van der Waals surface area contributed by atoms with E-state index >= 15 is 0 Å². The molecule has 0 aromatic carbocycles. The first-order valence-electron chi connectivity index (χ1n) is 5.53. The molecule has 6 nitrogen and oxygen atoms in total. The second kappa shape index (κ2) is 6.36. The summed E-state index contributed by atoms with van der Waals surface area (Å²) in [4.78, 5) is 11.8. The molecule has 0 bridgehead atoms. The molecule has 0 saturated heterocycles. The van der Waals surface area contributed by atoms with Crippen molar-refractivity contribution in [2.75, 3.05) is 13.7 Å². The van der Waals surface area contributed by atoms with Crippen molar-refractivity contribution in [3.8, 4) is 0 Å². The summed E-state index contributed by atoms with van der Waals surface area (Å²) in [6.07, 6.45) is 0.513. The Kier molecular flexibility index (Phi) is 5.11. The molecular formula is C11H18N2O4. The van der Waals surface area contributed by atoms with Crippen LogP contribution in [0.4, 0.5) is 0 Å². The Labute approximate surface area is 99.9 Å². The third-order valence-electron chi connectivity index (χ3n) is 2.52. The maximum atomic E-state index is 11.8. The predicted molar refractivity (Wildman–Crippen MR) is 60.6 cm³/mol. The Bertz CT molecular complexity index is 376. The van der Waals surface area contributed by atoms with Gasteiger partial charge >= 0.3 is 0 Å². The second-order valence-electron chi connectivity index (χ2n) is 3.70. The van der Waals surface area contributed by atoms with Gasteiger partial charge in [-0.05, 0) is 6.92 Å². The zero-order valence-corrected chi connectivity index (χ0v) is 10.3. The van der Waals surface area contributed by atoms with E-state index in [0.717, 1.165) is 0 Å². The Balaban J connectivity index is 2.72. The van der Waals surface area contributed by atoms with Gasteiger partial charge in [0, 0.05) is 20.1 Å². The van der Waals surface area contributed by atoms with Crippen molar-refractivity contribution in [1.29, 1.82) is 0 Å². The molecule has 0 saturated carbocycles. The van der Waals surface area contributed by atoms with Gasteiger partial charge in [0.2, 0.25) is 0 Å². The molecular weight excluding hydrogens is 224 g/mol. The van der Waals surface area contributed by atoms with Crippen molar-refractivity contribution in [2.45, 2.75) is 33.0 Å². The van der Waals surface area contributed by atoms with Crippen LogP contribution < -0.4 is 5.32 Å². The van der Waals surface area contributed by atoms with Crippen LogP contribution in [0.5, 0.6) is 0 Å². The summed E-state index contributed by atoms with van der Waals surface area (Å²) in [5, 5.41) is 15.5. The molecule has 6 heteroatoms. The molecule has 0 aliphatic heterocycles. The average molecular weight is 242 g/mol. The third-order valence-corrected chi connectivity index (χ3v) is 2.52. The molecule has 0 aliphatic carbocycles. The third kappa shape index (κ3) is 3.28. The number of nitrogens with zero attached hydrogens (tertiary/aromatic N) is 1. The number of aromatic nitrogens is 1. The molecule has 1 unspecified atom stereocenters. The van der Waals surface area contributed by atoms with Crippen LogP contribution in [0.3, 0.4) is 0 Å². The zero-order chi connectivity index (χ0) is 12.8. The van der Waals surface area contributed by atoms with Crippen LogP contribution in [0.15, 0.2) is 4.52 Å². The number of hydrogen-bond donors (Lipinski definition) is 2. The number of rotatable bonds is 6.